The summed E-state index contributed by atoms with van der Waals surface area (Å²) in [5, 5.41) is 19.2. The molecule has 0 aromatic heterocycles. The number of hydrogen-bond donors (Lipinski definition) is 3. The lowest BCUT2D eigenvalue weighted by Crippen LogP contribution is -2.53. The van der Waals surface area contributed by atoms with Gasteiger partial charge in [-0.1, -0.05) is 4.99 Å². The van der Waals surface area contributed by atoms with Crippen LogP contribution >= 0.6 is 0 Å². The van der Waals surface area contributed by atoms with E-state index in [1.165, 1.54) is 4.90 Å². The fourth-order valence-electron chi connectivity index (χ4n) is 3.30. The number of hydrogen-bond acceptors (Lipinski definition) is 6. The number of carbonyl (C=O) groups excluding carboxylic acids is 2. The van der Waals surface area contributed by atoms with Crippen LogP contribution in [0.15, 0.2) is 0 Å². The maximum atomic E-state index is 12.4. The first-order valence-electron chi connectivity index (χ1n) is 7.30. The second-order valence-electron chi connectivity index (χ2n) is 5.69. The number of hydroxylamine groups is 2. The molecule has 9 heteroatoms. The summed E-state index contributed by atoms with van der Waals surface area (Å²) in [6.45, 7) is 2.21. The molecule has 0 aromatic rings. The number of piperidine rings is 2. The van der Waals surface area contributed by atoms with E-state index in [2.05, 4.69) is 20.7 Å². The molecule has 3 rings (SSSR count). The van der Waals surface area contributed by atoms with Crippen LogP contribution in [0.5, 0.6) is 0 Å². The number of rotatable bonds is 4. The molecule has 0 aromatic carbocycles. The van der Waals surface area contributed by atoms with Crippen molar-refractivity contribution >= 4 is 11.9 Å². The lowest BCUT2D eigenvalue weighted by atomic mass is 9.99. The van der Waals surface area contributed by atoms with Crippen molar-refractivity contribution in [3.63, 3.8) is 0 Å². The summed E-state index contributed by atoms with van der Waals surface area (Å²) in [7, 11) is 0. The van der Waals surface area contributed by atoms with Crippen molar-refractivity contribution in [2.24, 2.45) is 0 Å². The molecule has 21 heavy (non-hydrogen) atoms. The number of carbonyl (C=O) groups is 2. The Morgan fingerprint density at radius 2 is 2.05 bits per heavy atom. The molecule has 3 heterocycles. The predicted molar refractivity (Wildman–Crippen MR) is 69.6 cm³/mol. The maximum absolute atomic E-state index is 12.4. The Balaban J connectivity index is 1.61. The van der Waals surface area contributed by atoms with Gasteiger partial charge in [0.15, 0.2) is 0 Å². The lowest BCUT2D eigenvalue weighted by molar-refractivity contribution is -0.556. The highest BCUT2D eigenvalue weighted by atomic mass is 17.5. The molecule has 0 unspecified atom stereocenters. The minimum Gasteiger partial charge on any atom is -0.351 e. The Morgan fingerprint density at radius 1 is 1.29 bits per heavy atom. The third-order valence-corrected chi connectivity index (χ3v) is 4.42. The lowest BCUT2D eigenvalue weighted by Gasteiger charge is -2.32. The van der Waals surface area contributed by atoms with Crippen LogP contribution < -0.4 is 10.6 Å². The molecule has 3 saturated heterocycles. The Morgan fingerprint density at radius 3 is 2.76 bits per heavy atom. The van der Waals surface area contributed by atoms with Crippen LogP contribution in [0, 0.1) is 0 Å². The van der Waals surface area contributed by atoms with Gasteiger partial charge in [-0.25, -0.2) is 10.1 Å². The van der Waals surface area contributed by atoms with Gasteiger partial charge in [-0.2, -0.15) is 5.06 Å². The molecular formula is C12H20N4O5. The Bertz CT molecular complexity index is 414. The first-order valence-corrected chi connectivity index (χ1v) is 7.30. The van der Waals surface area contributed by atoms with E-state index in [0.717, 1.165) is 31.0 Å². The summed E-state index contributed by atoms with van der Waals surface area (Å²) in [4.78, 5) is 30.5. The third-order valence-electron chi connectivity index (χ3n) is 4.42. The van der Waals surface area contributed by atoms with Crippen molar-refractivity contribution in [1.82, 2.24) is 20.6 Å². The van der Waals surface area contributed by atoms with Crippen molar-refractivity contribution in [3.8, 4) is 0 Å². The molecule has 2 bridgehead atoms. The predicted octanol–water partition coefficient (Wildman–Crippen LogP) is -0.541. The van der Waals surface area contributed by atoms with Crippen LogP contribution in [-0.4, -0.2) is 64.9 Å². The van der Waals surface area contributed by atoms with Gasteiger partial charge in [-0.3, -0.25) is 4.79 Å². The van der Waals surface area contributed by atoms with Gasteiger partial charge in [0.05, 0.1) is 6.04 Å². The van der Waals surface area contributed by atoms with Crippen LogP contribution in [0.1, 0.15) is 25.7 Å². The molecule has 0 saturated carbocycles. The summed E-state index contributed by atoms with van der Waals surface area (Å²) >= 11 is 0. The van der Waals surface area contributed by atoms with E-state index in [1.807, 2.05) is 0 Å². The molecule has 0 radical (unpaired) electrons. The number of nitrogens with one attached hydrogen (secondary N) is 2. The number of nitrogens with zero attached hydrogens (tertiary/aromatic N) is 2. The highest BCUT2D eigenvalue weighted by molar-refractivity contribution is 5.88. The number of fused-ring (bicyclic) bond motifs is 2. The van der Waals surface area contributed by atoms with E-state index in [1.54, 1.807) is 0 Å². The van der Waals surface area contributed by atoms with Gasteiger partial charge in [-0.15, -0.1) is 0 Å². The van der Waals surface area contributed by atoms with Gasteiger partial charge >= 0.3 is 6.03 Å². The van der Waals surface area contributed by atoms with E-state index in [0.29, 0.717) is 19.4 Å². The van der Waals surface area contributed by atoms with Crippen molar-refractivity contribution < 1.29 is 24.9 Å². The minimum absolute atomic E-state index is 0.111. The average Bonchev–Trinajstić information content (AvgIpc) is 2.74. The van der Waals surface area contributed by atoms with Gasteiger partial charge in [0.25, 0.3) is 0 Å². The largest absolute Gasteiger partial charge is 0.351 e. The highest BCUT2D eigenvalue weighted by Gasteiger charge is 2.48. The molecule has 2 atom stereocenters. The van der Waals surface area contributed by atoms with Crippen LogP contribution in [0.25, 0.3) is 0 Å². The third kappa shape index (κ3) is 2.82. The fourth-order valence-corrected chi connectivity index (χ4v) is 3.30. The van der Waals surface area contributed by atoms with Crippen molar-refractivity contribution in [3.05, 3.63) is 0 Å². The zero-order valence-electron chi connectivity index (χ0n) is 11.7. The normalized spacial score (nSPS) is 29.9. The topological polar surface area (TPSA) is 103 Å². The van der Waals surface area contributed by atoms with E-state index in [9.17, 15) is 9.59 Å². The summed E-state index contributed by atoms with van der Waals surface area (Å²) < 4.78 is 0. The van der Waals surface area contributed by atoms with Crippen LogP contribution in [0.2, 0.25) is 0 Å². The fraction of sp³-hybridized carbons (Fsp3) is 0.833. The van der Waals surface area contributed by atoms with Gasteiger partial charge in [0.2, 0.25) is 5.91 Å². The van der Waals surface area contributed by atoms with Crippen molar-refractivity contribution in [2.45, 2.75) is 43.8 Å². The van der Waals surface area contributed by atoms with Gasteiger partial charge in [0, 0.05) is 12.6 Å². The van der Waals surface area contributed by atoms with Crippen LogP contribution in [0.4, 0.5) is 4.79 Å². The van der Waals surface area contributed by atoms with Crippen molar-refractivity contribution in [2.75, 3.05) is 19.6 Å². The first kappa shape index (κ1) is 14.5. The average molecular weight is 300 g/mol. The van der Waals surface area contributed by atoms with Crippen LogP contribution in [0.3, 0.4) is 0 Å². The smallest absolute Gasteiger partial charge is 0.347 e. The van der Waals surface area contributed by atoms with Crippen molar-refractivity contribution in [1.29, 1.82) is 0 Å². The summed E-state index contributed by atoms with van der Waals surface area (Å²) in [6.07, 6.45) is 3.03. The highest BCUT2D eigenvalue weighted by Crippen LogP contribution is 2.30. The molecular weight excluding hydrogens is 280 g/mol. The maximum Gasteiger partial charge on any atom is 0.347 e. The molecule has 3 fully saturated rings. The molecule has 3 aliphatic rings. The monoisotopic (exact) mass is 300 g/mol. The van der Waals surface area contributed by atoms with Gasteiger partial charge in [0.1, 0.15) is 6.04 Å². The standard InChI is InChI=1S/C12H20N4O5/c17-11(14-8-3-5-13-6-4-8)10-2-1-9-7-15(10)12(18)16(9)20-21-19/h8-10,13,19H,1-7H2,(H,14,17)/t9-,10+/m1/s1. The minimum atomic E-state index is -0.476. The quantitative estimate of drug-likeness (QED) is 0.476. The SMILES string of the molecule is O=C(NC1CCNCC1)[C@@H]1CC[C@@H]2CN1C(=O)N2OOO. The summed E-state index contributed by atoms with van der Waals surface area (Å²) in [5.41, 5.74) is 0. The van der Waals surface area contributed by atoms with E-state index in [4.69, 9.17) is 5.26 Å². The summed E-state index contributed by atoms with van der Waals surface area (Å²) in [5.74, 6) is -0.111. The molecule has 118 valence electrons. The van der Waals surface area contributed by atoms with Gasteiger partial charge in [-0.05, 0) is 43.8 Å². The van der Waals surface area contributed by atoms with Gasteiger partial charge < -0.3 is 15.5 Å². The van der Waals surface area contributed by atoms with E-state index < -0.39 is 12.1 Å². The number of urea groups is 1. The zero-order chi connectivity index (χ0) is 14.8. The van der Waals surface area contributed by atoms with E-state index in [-0.39, 0.29) is 18.0 Å². The molecule has 0 spiro atoms. The summed E-state index contributed by atoms with van der Waals surface area (Å²) in [6, 6.07) is -0.942. The zero-order valence-corrected chi connectivity index (χ0v) is 11.7. The van der Waals surface area contributed by atoms with Crippen LogP contribution in [-0.2, 0) is 14.8 Å². The van der Waals surface area contributed by atoms with E-state index >= 15 is 0 Å². The number of amides is 3. The second kappa shape index (κ2) is 6.14. The molecule has 9 nitrogen and oxygen atoms in total. The Hall–Kier alpha value is -1.42. The Kier molecular flexibility index (Phi) is 4.24. The first-order chi connectivity index (χ1) is 10.2. The molecule has 3 aliphatic heterocycles. The second-order valence-corrected chi connectivity index (χ2v) is 5.69. The molecule has 0 aliphatic carbocycles. The Labute approximate surface area is 122 Å². The molecule has 3 amide bonds. The molecule has 3 N–H and O–H groups in total.